The third-order valence-electron chi connectivity index (χ3n) is 4.16. The summed E-state index contributed by atoms with van der Waals surface area (Å²) in [6, 6.07) is 11.3. The molecular formula is C20H19ClN2O4S2. The van der Waals surface area contributed by atoms with Crippen molar-refractivity contribution in [3.63, 3.8) is 0 Å². The van der Waals surface area contributed by atoms with Gasteiger partial charge in [-0.15, -0.1) is 11.3 Å². The molecule has 0 bridgehead atoms. The van der Waals surface area contributed by atoms with Gasteiger partial charge in [0.2, 0.25) is 0 Å². The highest BCUT2D eigenvalue weighted by Crippen LogP contribution is 2.37. The van der Waals surface area contributed by atoms with Gasteiger partial charge in [0.1, 0.15) is 4.88 Å². The molecule has 0 spiro atoms. The van der Waals surface area contributed by atoms with E-state index in [-0.39, 0.29) is 0 Å². The van der Waals surface area contributed by atoms with Crippen LogP contribution in [0.3, 0.4) is 0 Å². The Bertz CT molecular complexity index is 1070. The maximum atomic E-state index is 11.8. The summed E-state index contributed by atoms with van der Waals surface area (Å²) in [6.07, 6.45) is 0. The van der Waals surface area contributed by atoms with Crippen molar-refractivity contribution in [2.75, 3.05) is 26.6 Å². The van der Waals surface area contributed by atoms with Crippen molar-refractivity contribution >= 4 is 62.0 Å². The van der Waals surface area contributed by atoms with Crippen LogP contribution in [0.1, 0.15) is 15.2 Å². The number of ether oxygens (including phenoxy) is 3. The molecule has 0 unspecified atom stereocenters. The van der Waals surface area contributed by atoms with Crippen molar-refractivity contribution in [1.82, 2.24) is 5.32 Å². The van der Waals surface area contributed by atoms with Crippen LogP contribution in [0.2, 0.25) is 5.02 Å². The molecule has 0 aliphatic rings. The van der Waals surface area contributed by atoms with Gasteiger partial charge in [-0.2, -0.15) is 0 Å². The number of halogens is 1. The number of thiocarbonyl (C=S) groups is 1. The van der Waals surface area contributed by atoms with Gasteiger partial charge < -0.3 is 24.8 Å². The average Bonchev–Trinajstić information content (AvgIpc) is 3.07. The SMILES string of the molecule is COC(=O)c1sc2cc(NC(=S)NCc3ccc(OC)c(OC)c3)ccc2c1Cl. The molecule has 0 radical (unpaired) electrons. The molecule has 1 heterocycles. The molecule has 0 atom stereocenters. The number of carbonyl (C=O) groups is 1. The number of thiophene rings is 1. The lowest BCUT2D eigenvalue weighted by atomic mass is 10.2. The molecule has 2 N–H and O–H groups in total. The first-order chi connectivity index (χ1) is 14.0. The number of hydrogen-bond acceptors (Lipinski definition) is 6. The predicted octanol–water partition coefficient (Wildman–Crippen LogP) is 4.85. The van der Waals surface area contributed by atoms with Gasteiger partial charge in [0, 0.05) is 22.3 Å². The topological polar surface area (TPSA) is 68.8 Å². The molecule has 0 saturated heterocycles. The van der Waals surface area contributed by atoms with Crippen LogP contribution >= 0.6 is 35.2 Å². The maximum Gasteiger partial charge on any atom is 0.349 e. The van der Waals surface area contributed by atoms with Crippen molar-refractivity contribution in [3.8, 4) is 11.5 Å². The van der Waals surface area contributed by atoms with Gasteiger partial charge in [0.15, 0.2) is 16.6 Å². The monoisotopic (exact) mass is 450 g/mol. The maximum absolute atomic E-state index is 11.8. The van der Waals surface area contributed by atoms with E-state index in [4.69, 9.17) is 38.0 Å². The zero-order chi connectivity index (χ0) is 21.0. The molecule has 2 aromatic carbocycles. The first-order valence-corrected chi connectivity index (χ1v) is 10.1. The molecule has 0 aliphatic carbocycles. The predicted molar refractivity (Wildman–Crippen MR) is 121 cm³/mol. The number of esters is 1. The van der Waals surface area contributed by atoms with Gasteiger partial charge in [-0.1, -0.05) is 17.7 Å². The Hall–Kier alpha value is -2.55. The molecule has 0 saturated carbocycles. The summed E-state index contributed by atoms with van der Waals surface area (Å²) in [5, 5.41) is 7.96. The summed E-state index contributed by atoms with van der Waals surface area (Å²) >= 11 is 12.9. The molecule has 3 aromatic rings. The average molecular weight is 451 g/mol. The largest absolute Gasteiger partial charge is 0.493 e. The second-order valence-corrected chi connectivity index (χ2v) is 7.78. The lowest BCUT2D eigenvalue weighted by Gasteiger charge is -2.12. The summed E-state index contributed by atoms with van der Waals surface area (Å²) < 4.78 is 16.2. The van der Waals surface area contributed by atoms with Crippen LogP contribution < -0.4 is 20.1 Å². The summed E-state index contributed by atoms with van der Waals surface area (Å²) in [5.74, 6) is 0.885. The summed E-state index contributed by atoms with van der Waals surface area (Å²) in [7, 11) is 4.53. The van der Waals surface area contributed by atoms with E-state index in [0.29, 0.717) is 33.1 Å². The van der Waals surface area contributed by atoms with Gasteiger partial charge in [0.25, 0.3) is 0 Å². The van der Waals surface area contributed by atoms with E-state index < -0.39 is 5.97 Å². The van der Waals surface area contributed by atoms with Crippen molar-refractivity contribution in [1.29, 1.82) is 0 Å². The second-order valence-electron chi connectivity index (χ2n) is 5.94. The van der Waals surface area contributed by atoms with E-state index in [9.17, 15) is 4.79 Å². The fourth-order valence-electron chi connectivity index (χ4n) is 2.72. The minimum absolute atomic E-state index is 0.385. The Morgan fingerprint density at radius 1 is 1.10 bits per heavy atom. The summed E-state index contributed by atoms with van der Waals surface area (Å²) in [5.41, 5.74) is 1.78. The van der Waals surface area contributed by atoms with E-state index in [1.165, 1.54) is 18.4 Å². The Kier molecular flexibility index (Phi) is 6.79. The molecule has 1 aromatic heterocycles. The van der Waals surface area contributed by atoms with Crippen molar-refractivity contribution in [3.05, 3.63) is 51.9 Å². The van der Waals surface area contributed by atoms with Crippen molar-refractivity contribution in [2.24, 2.45) is 0 Å². The Morgan fingerprint density at radius 3 is 2.55 bits per heavy atom. The standard InChI is InChI=1S/C20H19ClN2O4S2/c1-25-14-7-4-11(8-15(14)26-2)10-22-20(28)23-12-5-6-13-16(9-12)29-18(17(13)21)19(24)27-3/h4-9H,10H2,1-3H3,(H2,22,23,28). The lowest BCUT2D eigenvalue weighted by molar-refractivity contribution is 0.0606. The molecule has 29 heavy (non-hydrogen) atoms. The molecule has 0 amide bonds. The van der Waals surface area contributed by atoms with Gasteiger partial charge >= 0.3 is 5.97 Å². The summed E-state index contributed by atoms with van der Waals surface area (Å²) in [6.45, 7) is 0.520. The van der Waals surface area contributed by atoms with Gasteiger partial charge in [-0.3, -0.25) is 0 Å². The Labute approximate surface area is 182 Å². The Balaban J connectivity index is 1.67. The molecule has 0 fully saturated rings. The first kappa shape index (κ1) is 21.2. The number of fused-ring (bicyclic) bond motifs is 1. The third-order valence-corrected chi connectivity index (χ3v) is 6.04. The number of methoxy groups -OCH3 is 3. The van der Waals surface area contributed by atoms with E-state index in [1.807, 2.05) is 36.4 Å². The molecule has 3 rings (SSSR count). The fraction of sp³-hybridized carbons (Fsp3) is 0.200. The van der Waals surface area contributed by atoms with Crippen LogP contribution in [0, 0.1) is 0 Å². The second kappa shape index (κ2) is 9.30. The lowest BCUT2D eigenvalue weighted by Crippen LogP contribution is -2.27. The number of hydrogen-bond donors (Lipinski definition) is 2. The zero-order valence-corrected chi connectivity index (χ0v) is 18.4. The van der Waals surface area contributed by atoms with Crippen molar-refractivity contribution in [2.45, 2.75) is 6.54 Å². The van der Waals surface area contributed by atoms with Gasteiger partial charge in [-0.25, -0.2) is 4.79 Å². The quantitative estimate of drug-likeness (QED) is 0.411. The highest BCUT2D eigenvalue weighted by Gasteiger charge is 2.17. The Morgan fingerprint density at radius 2 is 1.86 bits per heavy atom. The minimum atomic E-state index is -0.446. The van der Waals surface area contributed by atoms with E-state index in [0.717, 1.165) is 21.3 Å². The molecular weight excluding hydrogens is 432 g/mol. The first-order valence-electron chi connectivity index (χ1n) is 8.53. The zero-order valence-electron chi connectivity index (χ0n) is 16.0. The number of carbonyl (C=O) groups excluding carboxylic acids is 1. The molecule has 6 nitrogen and oxygen atoms in total. The van der Waals surface area contributed by atoms with Crippen LogP contribution in [-0.4, -0.2) is 32.4 Å². The molecule has 0 aliphatic heterocycles. The number of rotatable bonds is 6. The smallest absolute Gasteiger partial charge is 0.349 e. The van der Waals surface area contributed by atoms with E-state index >= 15 is 0 Å². The van der Waals surface area contributed by atoms with Gasteiger partial charge in [0.05, 0.1) is 26.4 Å². The van der Waals surface area contributed by atoms with E-state index in [1.54, 1.807) is 14.2 Å². The van der Waals surface area contributed by atoms with Crippen LogP contribution in [0.5, 0.6) is 11.5 Å². The molecule has 152 valence electrons. The minimum Gasteiger partial charge on any atom is -0.493 e. The van der Waals surface area contributed by atoms with Crippen molar-refractivity contribution < 1.29 is 19.0 Å². The number of benzene rings is 2. The van der Waals surface area contributed by atoms with Crippen LogP contribution in [0.15, 0.2) is 36.4 Å². The van der Waals surface area contributed by atoms with Crippen LogP contribution in [-0.2, 0) is 11.3 Å². The van der Waals surface area contributed by atoms with Gasteiger partial charge in [-0.05, 0) is 48.1 Å². The van der Waals surface area contributed by atoms with E-state index in [2.05, 4.69) is 10.6 Å². The number of nitrogens with one attached hydrogen (secondary N) is 2. The summed E-state index contributed by atoms with van der Waals surface area (Å²) in [4.78, 5) is 12.2. The third kappa shape index (κ3) is 4.72. The number of anilines is 1. The van der Waals surface area contributed by atoms with Crippen LogP contribution in [0.4, 0.5) is 5.69 Å². The molecule has 9 heteroatoms. The highest BCUT2D eigenvalue weighted by molar-refractivity contribution is 7.80. The van der Waals surface area contributed by atoms with Crippen LogP contribution in [0.25, 0.3) is 10.1 Å². The normalized spacial score (nSPS) is 10.5. The highest BCUT2D eigenvalue weighted by atomic mass is 35.5. The fourth-order valence-corrected chi connectivity index (χ4v) is 4.37.